The second kappa shape index (κ2) is 5.62. The van der Waals surface area contributed by atoms with E-state index < -0.39 is 0 Å². The molecule has 0 fully saturated rings. The number of nitrogens with two attached hydrogens (primary N) is 1. The Kier molecular flexibility index (Phi) is 3.91. The summed E-state index contributed by atoms with van der Waals surface area (Å²) in [6, 6.07) is 8.03. The van der Waals surface area contributed by atoms with Gasteiger partial charge in [-0.05, 0) is 38.1 Å². The van der Waals surface area contributed by atoms with Gasteiger partial charge in [0.15, 0.2) is 0 Å². The first kappa shape index (κ1) is 13.2. The number of rotatable bonds is 4. The predicted octanol–water partition coefficient (Wildman–Crippen LogP) is 2.37. The van der Waals surface area contributed by atoms with E-state index in [9.17, 15) is 4.39 Å². The second-order valence-corrected chi connectivity index (χ2v) is 4.02. The number of nitrogens with zero attached hydrogens (tertiary/aromatic N) is 3. The molecule has 2 rings (SSSR count). The molecule has 3 N–H and O–H groups in total. The Morgan fingerprint density at radius 1 is 1.26 bits per heavy atom. The average Bonchev–Trinajstić information content (AvgIpc) is 2.41. The van der Waals surface area contributed by atoms with Gasteiger partial charge in [0.25, 0.3) is 0 Å². The number of anilines is 3. The Morgan fingerprint density at radius 2 is 1.95 bits per heavy atom. The van der Waals surface area contributed by atoms with Crippen molar-refractivity contribution in [3.05, 3.63) is 42.0 Å². The number of benzene rings is 1. The van der Waals surface area contributed by atoms with E-state index in [2.05, 4.69) is 15.4 Å². The lowest BCUT2D eigenvalue weighted by Crippen LogP contribution is -2.19. The third-order valence-electron chi connectivity index (χ3n) is 2.70. The summed E-state index contributed by atoms with van der Waals surface area (Å²) in [5.41, 5.74) is 3.38. The zero-order valence-electron chi connectivity index (χ0n) is 10.9. The van der Waals surface area contributed by atoms with Crippen LogP contribution in [0.1, 0.15) is 12.7 Å². The van der Waals surface area contributed by atoms with E-state index in [1.807, 2.05) is 11.8 Å². The molecule has 0 aliphatic rings. The number of hydrogen-bond donors (Lipinski definition) is 2. The van der Waals surface area contributed by atoms with Crippen LogP contribution in [0, 0.1) is 12.7 Å². The lowest BCUT2D eigenvalue weighted by Gasteiger charge is -2.22. The molecular weight excluding hydrogens is 245 g/mol. The van der Waals surface area contributed by atoms with Crippen molar-refractivity contribution in [2.45, 2.75) is 13.8 Å². The van der Waals surface area contributed by atoms with Crippen LogP contribution in [0.2, 0.25) is 0 Å². The standard InChI is InChI=1S/C13H16FN5/c1-3-19(11-6-4-10(14)5-7-11)13-8-12(18-15)16-9(2)17-13/h4-8H,3,15H2,1-2H3,(H,16,17,18). The van der Waals surface area contributed by atoms with E-state index in [4.69, 9.17) is 5.84 Å². The van der Waals surface area contributed by atoms with E-state index in [0.717, 1.165) is 11.5 Å². The minimum absolute atomic E-state index is 0.261. The van der Waals surface area contributed by atoms with Crippen molar-refractivity contribution in [3.63, 3.8) is 0 Å². The van der Waals surface area contributed by atoms with Gasteiger partial charge in [0.05, 0.1) is 0 Å². The molecule has 0 aliphatic carbocycles. The van der Waals surface area contributed by atoms with Crippen LogP contribution < -0.4 is 16.2 Å². The molecule has 0 unspecified atom stereocenters. The third kappa shape index (κ3) is 2.97. The van der Waals surface area contributed by atoms with Crippen molar-refractivity contribution in [2.24, 2.45) is 5.84 Å². The van der Waals surface area contributed by atoms with Gasteiger partial charge in [-0.3, -0.25) is 0 Å². The lowest BCUT2D eigenvalue weighted by molar-refractivity contribution is 0.627. The van der Waals surface area contributed by atoms with Gasteiger partial charge in [-0.2, -0.15) is 0 Å². The topological polar surface area (TPSA) is 67.1 Å². The first-order valence-electron chi connectivity index (χ1n) is 5.99. The number of aryl methyl sites for hydroxylation is 1. The van der Waals surface area contributed by atoms with Crippen LogP contribution in [-0.4, -0.2) is 16.5 Å². The molecule has 0 bridgehead atoms. The van der Waals surface area contributed by atoms with Gasteiger partial charge in [0.2, 0.25) is 0 Å². The molecule has 0 saturated heterocycles. The summed E-state index contributed by atoms with van der Waals surface area (Å²) in [5.74, 6) is 7.00. The molecule has 0 spiro atoms. The largest absolute Gasteiger partial charge is 0.326 e. The van der Waals surface area contributed by atoms with Gasteiger partial charge < -0.3 is 10.3 Å². The van der Waals surface area contributed by atoms with Gasteiger partial charge >= 0.3 is 0 Å². The molecule has 5 nitrogen and oxygen atoms in total. The highest BCUT2D eigenvalue weighted by atomic mass is 19.1. The molecular formula is C13H16FN5. The summed E-state index contributed by atoms with van der Waals surface area (Å²) in [7, 11) is 0. The van der Waals surface area contributed by atoms with Gasteiger partial charge in [0, 0.05) is 18.3 Å². The summed E-state index contributed by atoms with van der Waals surface area (Å²) < 4.78 is 13.0. The lowest BCUT2D eigenvalue weighted by atomic mass is 10.2. The monoisotopic (exact) mass is 261 g/mol. The zero-order valence-corrected chi connectivity index (χ0v) is 10.9. The van der Waals surface area contributed by atoms with Gasteiger partial charge in [-0.25, -0.2) is 20.2 Å². The normalized spacial score (nSPS) is 10.3. The number of hydrazine groups is 1. The van der Waals surface area contributed by atoms with E-state index in [1.165, 1.54) is 12.1 Å². The number of nitrogen functional groups attached to an aromatic ring is 1. The SMILES string of the molecule is CCN(c1ccc(F)cc1)c1cc(NN)nc(C)n1. The fourth-order valence-corrected chi connectivity index (χ4v) is 1.86. The molecule has 2 aromatic rings. The van der Waals surface area contributed by atoms with Gasteiger partial charge in [0.1, 0.15) is 23.3 Å². The van der Waals surface area contributed by atoms with Crippen LogP contribution in [0.5, 0.6) is 0 Å². The maximum Gasteiger partial charge on any atom is 0.145 e. The molecule has 100 valence electrons. The molecule has 0 amide bonds. The van der Waals surface area contributed by atoms with Crippen LogP contribution in [0.3, 0.4) is 0 Å². The van der Waals surface area contributed by atoms with Crippen LogP contribution >= 0.6 is 0 Å². The summed E-state index contributed by atoms with van der Waals surface area (Å²) in [4.78, 5) is 10.5. The highest BCUT2D eigenvalue weighted by Crippen LogP contribution is 2.25. The van der Waals surface area contributed by atoms with Crippen molar-refractivity contribution in [1.29, 1.82) is 0 Å². The number of hydrogen-bond acceptors (Lipinski definition) is 5. The van der Waals surface area contributed by atoms with Gasteiger partial charge in [-0.1, -0.05) is 0 Å². The highest BCUT2D eigenvalue weighted by Gasteiger charge is 2.11. The maximum atomic E-state index is 13.0. The van der Waals surface area contributed by atoms with E-state index in [-0.39, 0.29) is 5.82 Å². The smallest absolute Gasteiger partial charge is 0.145 e. The quantitative estimate of drug-likeness (QED) is 0.653. The van der Waals surface area contributed by atoms with Crippen LogP contribution in [-0.2, 0) is 0 Å². The van der Waals surface area contributed by atoms with E-state index in [0.29, 0.717) is 18.2 Å². The van der Waals surface area contributed by atoms with Crippen molar-refractivity contribution in [2.75, 3.05) is 16.9 Å². The van der Waals surface area contributed by atoms with Crippen molar-refractivity contribution >= 4 is 17.3 Å². The van der Waals surface area contributed by atoms with Crippen molar-refractivity contribution in [1.82, 2.24) is 9.97 Å². The predicted molar refractivity (Wildman–Crippen MR) is 73.7 cm³/mol. The fraction of sp³-hybridized carbons (Fsp3) is 0.231. The average molecular weight is 261 g/mol. The minimum Gasteiger partial charge on any atom is -0.326 e. The molecule has 6 heteroatoms. The molecule has 19 heavy (non-hydrogen) atoms. The molecule has 0 saturated carbocycles. The fourth-order valence-electron chi connectivity index (χ4n) is 1.86. The van der Waals surface area contributed by atoms with Gasteiger partial charge in [-0.15, -0.1) is 0 Å². The Balaban J connectivity index is 2.41. The summed E-state index contributed by atoms with van der Waals surface area (Å²) in [5, 5.41) is 0. The molecule has 1 heterocycles. The molecule has 0 aliphatic heterocycles. The van der Waals surface area contributed by atoms with E-state index in [1.54, 1.807) is 25.1 Å². The molecule has 0 radical (unpaired) electrons. The molecule has 1 aromatic heterocycles. The first-order chi connectivity index (χ1) is 9.13. The summed E-state index contributed by atoms with van der Waals surface area (Å²) >= 11 is 0. The Hall–Kier alpha value is -2.21. The highest BCUT2D eigenvalue weighted by molar-refractivity contribution is 5.62. The van der Waals surface area contributed by atoms with Crippen LogP contribution in [0.4, 0.5) is 21.7 Å². The minimum atomic E-state index is -0.261. The summed E-state index contributed by atoms with van der Waals surface area (Å²) in [6.07, 6.45) is 0. The molecule has 0 atom stereocenters. The number of nitrogens with one attached hydrogen (secondary N) is 1. The number of halogens is 1. The Morgan fingerprint density at radius 3 is 2.53 bits per heavy atom. The van der Waals surface area contributed by atoms with Crippen LogP contribution in [0.15, 0.2) is 30.3 Å². The zero-order chi connectivity index (χ0) is 13.8. The number of aromatic nitrogens is 2. The Labute approximate surface area is 111 Å². The molecule has 1 aromatic carbocycles. The first-order valence-corrected chi connectivity index (χ1v) is 5.99. The van der Waals surface area contributed by atoms with Crippen molar-refractivity contribution < 1.29 is 4.39 Å². The van der Waals surface area contributed by atoms with Crippen molar-refractivity contribution in [3.8, 4) is 0 Å². The Bertz CT molecular complexity index is 555. The third-order valence-corrected chi connectivity index (χ3v) is 2.70. The second-order valence-electron chi connectivity index (χ2n) is 4.02. The summed E-state index contributed by atoms with van der Waals surface area (Å²) in [6.45, 7) is 4.49. The maximum absolute atomic E-state index is 13.0. The van der Waals surface area contributed by atoms with E-state index >= 15 is 0 Å². The van der Waals surface area contributed by atoms with Crippen LogP contribution in [0.25, 0.3) is 0 Å².